The molecule has 3 heteroatoms. The standard InChI is InChI=1S/C25H24FNO/c26-24-10-8-22(9-11-24)23-14-16-27(17-15-23)18-20-6-12-25(13-7-20)28-19-21-4-2-1-3-5-21/h1-14H,15-19H2. The molecule has 1 aliphatic rings. The molecule has 0 bridgehead atoms. The molecular formula is C25H24FNO. The first-order valence-electron chi connectivity index (χ1n) is 9.69. The van der Waals surface area contributed by atoms with Crippen LogP contribution in [0.25, 0.3) is 5.57 Å². The van der Waals surface area contributed by atoms with Crippen LogP contribution < -0.4 is 4.74 Å². The van der Waals surface area contributed by atoms with Gasteiger partial charge in [-0.2, -0.15) is 0 Å². The summed E-state index contributed by atoms with van der Waals surface area (Å²) in [6, 6.07) is 25.4. The van der Waals surface area contributed by atoms with Crippen LogP contribution in [0, 0.1) is 5.82 Å². The summed E-state index contributed by atoms with van der Waals surface area (Å²) < 4.78 is 18.9. The van der Waals surface area contributed by atoms with E-state index in [2.05, 4.69) is 35.2 Å². The van der Waals surface area contributed by atoms with Gasteiger partial charge in [-0.25, -0.2) is 4.39 Å². The lowest BCUT2D eigenvalue weighted by atomic mass is 9.99. The van der Waals surface area contributed by atoms with Crippen LogP contribution in [-0.4, -0.2) is 18.0 Å². The molecule has 0 N–H and O–H groups in total. The number of hydrogen-bond acceptors (Lipinski definition) is 2. The maximum Gasteiger partial charge on any atom is 0.123 e. The van der Waals surface area contributed by atoms with E-state index in [1.807, 2.05) is 42.5 Å². The Hall–Kier alpha value is -2.91. The Morgan fingerprint density at radius 1 is 0.821 bits per heavy atom. The van der Waals surface area contributed by atoms with Crippen LogP contribution in [0.4, 0.5) is 4.39 Å². The predicted molar refractivity (Wildman–Crippen MR) is 111 cm³/mol. The lowest BCUT2D eigenvalue weighted by Gasteiger charge is -2.26. The van der Waals surface area contributed by atoms with Gasteiger partial charge in [-0.3, -0.25) is 4.90 Å². The van der Waals surface area contributed by atoms with E-state index in [0.29, 0.717) is 6.61 Å². The van der Waals surface area contributed by atoms with Crippen LogP contribution in [-0.2, 0) is 13.2 Å². The molecular weight excluding hydrogens is 349 g/mol. The summed E-state index contributed by atoms with van der Waals surface area (Å²) in [4.78, 5) is 2.42. The summed E-state index contributed by atoms with van der Waals surface area (Å²) in [6.45, 7) is 3.43. The van der Waals surface area contributed by atoms with Gasteiger partial charge in [-0.1, -0.05) is 60.7 Å². The zero-order chi connectivity index (χ0) is 19.2. The highest BCUT2D eigenvalue weighted by molar-refractivity contribution is 5.66. The lowest BCUT2D eigenvalue weighted by molar-refractivity contribution is 0.292. The van der Waals surface area contributed by atoms with Crippen molar-refractivity contribution < 1.29 is 9.13 Å². The molecule has 0 atom stereocenters. The van der Waals surface area contributed by atoms with Crippen molar-refractivity contribution in [1.29, 1.82) is 0 Å². The molecule has 2 nitrogen and oxygen atoms in total. The van der Waals surface area contributed by atoms with E-state index in [-0.39, 0.29) is 5.82 Å². The number of halogens is 1. The number of ether oxygens (including phenoxy) is 1. The lowest BCUT2D eigenvalue weighted by Crippen LogP contribution is -2.27. The quantitative estimate of drug-likeness (QED) is 0.550. The molecule has 3 aromatic carbocycles. The average molecular weight is 373 g/mol. The molecule has 0 unspecified atom stereocenters. The first kappa shape index (κ1) is 18.5. The molecule has 0 spiro atoms. The van der Waals surface area contributed by atoms with Crippen molar-refractivity contribution in [3.8, 4) is 5.75 Å². The second-order valence-corrected chi connectivity index (χ2v) is 7.14. The van der Waals surface area contributed by atoms with Crippen LogP contribution >= 0.6 is 0 Å². The van der Waals surface area contributed by atoms with Crippen molar-refractivity contribution in [2.75, 3.05) is 13.1 Å². The number of hydrogen-bond donors (Lipinski definition) is 0. The summed E-state index contributed by atoms with van der Waals surface area (Å²) in [5, 5.41) is 0. The topological polar surface area (TPSA) is 12.5 Å². The Morgan fingerprint density at radius 3 is 2.25 bits per heavy atom. The molecule has 142 valence electrons. The van der Waals surface area contributed by atoms with E-state index in [9.17, 15) is 4.39 Å². The first-order valence-corrected chi connectivity index (χ1v) is 9.69. The molecule has 3 aromatic rings. The molecule has 0 aliphatic carbocycles. The minimum Gasteiger partial charge on any atom is -0.489 e. The van der Waals surface area contributed by atoms with Gasteiger partial charge in [0.1, 0.15) is 18.2 Å². The number of benzene rings is 3. The molecule has 0 saturated carbocycles. The molecule has 0 radical (unpaired) electrons. The van der Waals surface area contributed by atoms with Gasteiger partial charge >= 0.3 is 0 Å². The smallest absolute Gasteiger partial charge is 0.123 e. The van der Waals surface area contributed by atoms with Gasteiger partial charge in [0.15, 0.2) is 0 Å². The van der Waals surface area contributed by atoms with Gasteiger partial charge in [-0.05, 0) is 52.9 Å². The van der Waals surface area contributed by atoms with Crippen molar-refractivity contribution in [2.45, 2.75) is 19.6 Å². The Bertz CT molecular complexity index is 917. The molecule has 1 aliphatic heterocycles. The first-order chi connectivity index (χ1) is 13.8. The van der Waals surface area contributed by atoms with Crippen LogP contribution in [0.15, 0.2) is 84.9 Å². The van der Waals surface area contributed by atoms with Gasteiger partial charge in [0.05, 0.1) is 0 Å². The maximum absolute atomic E-state index is 13.1. The van der Waals surface area contributed by atoms with Gasteiger partial charge in [0, 0.05) is 19.6 Å². The van der Waals surface area contributed by atoms with Crippen LogP contribution in [0.3, 0.4) is 0 Å². The molecule has 4 rings (SSSR count). The highest BCUT2D eigenvalue weighted by Gasteiger charge is 2.13. The Balaban J connectivity index is 1.29. The van der Waals surface area contributed by atoms with Crippen molar-refractivity contribution in [1.82, 2.24) is 4.90 Å². The van der Waals surface area contributed by atoms with E-state index in [4.69, 9.17) is 4.74 Å². The summed E-state index contributed by atoms with van der Waals surface area (Å²) in [7, 11) is 0. The third kappa shape index (κ3) is 4.87. The van der Waals surface area contributed by atoms with Gasteiger partial charge < -0.3 is 4.74 Å². The van der Waals surface area contributed by atoms with Gasteiger partial charge in [0.25, 0.3) is 0 Å². The van der Waals surface area contributed by atoms with E-state index in [1.54, 1.807) is 0 Å². The Kier molecular flexibility index (Phi) is 5.83. The van der Waals surface area contributed by atoms with Crippen LogP contribution in [0.1, 0.15) is 23.1 Å². The minimum atomic E-state index is -0.182. The minimum absolute atomic E-state index is 0.182. The zero-order valence-electron chi connectivity index (χ0n) is 15.9. The molecule has 0 saturated heterocycles. The monoisotopic (exact) mass is 373 g/mol. The fourth-order valence-electron chi connectivity index (χ4n) is 3.47. The molecule has 0 amide bonds. The van der Waals surface area contributed by atoms with Crippen molar-refractivity contribution in [3.05, 3.63) is 107 Å². The third-order valence-corrected chi connectivity index (χ3v) is 5.09. The van der Waals surface area contributed by atoms with E-state index < -0.39 is 0 Å². The summed E-state index contributed by atoms with van der Waals surface area (Å²) in [5.41, 5.74) is 4.89. The molecule has 0 aromatic heterocycles. The largest absolute Gasteiger partial charge is 0.489 e. The zero-order valence-corrected chi connectivity index (χ0v) is 15.9. The van der Waals surface area contributed by atoms with Crippen molar-refractivity contribution in [3.63, 3.8) is 0 Å². The summed E-state index contributed by atoms with van der Waals surface area (Å²) >= 11 is 0. The maximum atomic E-state index is 13.1. The Morgan fingerprint density at radius 2 is 1.57 bits per heavy atom. The van der Waals surface area contributed by atoms with Gasteiger partial charge in [0.2, 0.25) is 0 Å². The Labute approximate surface area is 165 Å². The van der Waals surface area contributed by atoms with Crippen LogP contribution in [0.5, 0.6) is 5.75 Å². The van der Waals surface area contributed by atoms with Crippen molar-refractivity contribution >= 4 is 5.57 Å². The van der Waals surface area contributed by atoms with E-state index in [1.165, 1.54) is 28.8 Å². The fourth-order valence-corrected chi connectivity index (χ4v) is 3.47. The summed E-state index contributed by atoms with van der Waals surface area (Å²) in [6.07, 6.45) is 3.25. The second-order valence-electron chi connectivity index (χ2n) is 7.14. The number of rotatable bonds is 6. The average Bonchev–Trinajstić information content (AvgIpc) is 2.75. The predicted octanol–water partition coefficient (Wildman–Crippen LogP) is 5.69. The molecule has 28 heavy (non-hydrogen) atoms. The normalized spacial score (nSPS) is 14.5. The highest BCUT2D eigenvalue weighted by Crippen LogP contribution is 2.24. The van der Waals surface area contributed by atoms with Gasteiger partial charge in [-0.15, -0.1) is 0 Å². The van der Waals surface area contributed by atoms with Crippen molar-refractivity contribution in [2.24, 2.45) is 0 Å². The molecule has 0 fully saturated rings. The fraction of sp³-hybridized carbons (Fsp3) is 0.200. The van der Waals surface area contributed by atoms with E-state index in [0.717, 1.165) is 37.4 Å². The summed E-state index contributed by atoms with van der Waals surface area (Å²) in [5.74, 6) is 0.711. The SMILES string of the molecule is Fc1ccc(C2=CCN(Cc3ccc(OCc4ccccc4)cc3)CC2)cc1. The molecule has 1 heterocycles. The van der Waals surface area contributed by atoms with E-state index >= 15 is 0 Å². The number of nitrogens with zero attached hydrogens (tertiary/aromatic N) is 1. The van der Waals surface area contributed by atoms with Crippen LogP contribution in [0.2, 0.25) is 0 Å². The highest BCUT2D eigenvalue weighted by atomic mass is 19.1. The second kappa shape index (κ2) is 8.85. The third-order valence-electron chi connectivity index (χ3n) is 5.09.